The van der Waals surface area contributed by atoms with E-state index in [1.807, 2.05) is 12.1 Å². The summed E-state index contributed by atoms with van der Waals surface area (Å²) in [5, 5.41) is 3.86. The second kappa shape index (κ2) is 7.05. The van der Waals surface area contributed by atoms with Crippen LogP contribution in [-0.2, 0) is 0 Å². The highest BCUT2D eigenvalue weighted by atomic mass is 19.1. The molecule has 0 unspecified atom stereocenters. The maximum atomic E-state index is 13.0. The molecule has 1 heterocycles. The standard InChI is InChI=1S/C18H18FN3O/c19-16-5-3-4-14(12-16)13-20-21-18(23)15-6-8-17(9-7-15)22-10-1-2-11-22/h3-9,12-13H,1-2,10-11H2,(H,21,23)/b20-13-. The molecule has 0 aromatic heterocycles. The quantitative estimate of drug-likeness (QED) is 0.696. The van der Waals surface area contributed by atoms with E-state index in [0.29, 0.717) is 11.1 Å². The lowest BCUT2D eigenvalue weighted by atomic mass is 10.2. The number of hydrogen-bond donors (Lipinski definition) is 1. The van der Waals surface area contributed by atoms with Crippen LogP contribution in [0.2, 0.25) is 0 Å². The summed E-state index contributed by atoms with van der Waals surface area (Å²) in [6.45, 7) is 2.15. The SMILES string of the molecule is O=C(N/N=C\c1cccc(F)c1)c1ccc(N2CCCC2)cc1. The Bertz CT molecular complexity index is 706. The van der Waals surface area contributed by atoms with Crippen LogP contribution in [0.3, 0.4) is 0 Å². The molecule has 2 aromatic rings. The Morgan fingerprint density at radius 3 is 2.57 bits per heavy atom. The van der Waals surface area contributed by atoms with Gasteiger partial charge in [0.25, 0.3) is 5.91 Å². The van der Waals surface area contributed by atoms with E-state index in [0.717, 1.165) is 18.8 Å². The normalized spacial score (nSPS) is 14.4. The van der Waals surface area contributed by atoms with E-state index in [9.17, 15) is 9.18 Å². The molecule has 0 saturated carbocycles. The number of halogens is 1. The van der Waals surface area contributed by atoms with Crippen molar-refractivity contribution in [1.82, 2.24) is 5.43 Å². The van der Waals surface area contributed by atoms with Gasteiger partial charge in [0.05, 0.1) is 6.21 Å². The van der Waals surface area contributed by atoms with Gasteiger partial charge >= 0.3 is 0 Å². The van der Waals surface area contributed by atoms with Crippen LogP contribution in [-0.4, -0.2) is 25.2 Å². The van der Waals surface area contributed by atoms with Crippen molar-refractivity contribution in [3.05, 3.63) is 65.5 Å². The molecule has 1 aliphatic rings. The summed E-state index contributed by atoms with van der Waals surface area (Å²) in [6.07, 6.45) is 3.85. The second-order valence-electron chi connectivity index (χ2n) is 5.50. The summed E-state index contributed by atoms with van der Waals surface area (Å²) in [4.78, 5) is 14.3. The molecule has 0 atom stereocenters. The van der Waals surface area contributed by atoms with Crippen LogP contribution in [0.25, 0.3) is 0 Å². The molecule has 1 N–H and O–H groups in total. The number of benzene rings is 2. The Morgan fingerprint density at radius 2 is 1.87 bits per heavy atom. The van der Waals surface area contributed by atoms with E-state index in [4.69, 9.17) is 0 Å². The molecule has 118 valence electrons. The fourth-order valence-electron chi connectivity index (χ4n) is 2.62. The molecule has 5 heteroatoms. The summed E-state index contributed by atoms with van der Waals surface area (Å²) in [6, 6.07) is 13.5. The minimum atomic E-state index is -0.335. The Kier molecular flexibility index (Phi) is 4.66. The summed E-state index contributed by atoms with van der Waals surface area (Å²) in [5.41, 5.74) is 4.73. The molecule has 4 nitrogen and oxygen atoms in total. The first-order chi connectivity index (χ1) is 11.2. The molecule has 23 heavy (non-hydrogen) atoms. The Labute approximate surface area is 134 Å². The minimum Gasteiger partial charge on any atom is -0.372 e. The van der Waals surface area contributed by atoms with Crippen LogP contribution < -0.4 is 10.3 Å². The monoisotopic (exact) mass is 311 g/mol. The Balaban J connectivity index is 1.59. The van der Waals surface area contributed by atoms with Crippen molar-refractivity contribution in [3.8, 4) is 0 Å². The van der Waals surface area contributed by atoms with Crippen LogP contribution in [0.4, 0.5) is 10.1 Å². The molecule has 1 fully saturated rings. The van der Waals surface area contributed by atoms with E-state index < -0.39 is 0 Å². The van der Waals surface area contributed by atoms with E-state index in [1.165, 1.54) is 31.2 Å². The van der Waals surface area contributed by atoms with Crippen LogP contribution in [0.15, 0.2) is 53.6 Å². The van der Waals surface area contributed by atoms with Crippen molar-refractivity contribution in [2.75, 3.05) is 18.0 Å². The molecule has 3 rings (SSSR count). The first-order valence-electron chi connectivity index (χ1n) is 7.66. The highest BCUT2D eigenvalue weighted by Crippen LogP contribution is 2.20. The van der Waals surface area contributed by atoms with E-state index in [1.54, 1.807) is 24.3 Å². The van der Waals surface area contributed by atoms with Gasteiger partial charge in [-0.25, -0.2) is 9.82 Å². The van der Waals surface area contributed by atoms with Crippen molar-refractivity contribution in [2.24, 2.45) is 5.10 Å². The van der Waals surface area contributed by atoms with Gasteiger partial charge in [0.15, 0.2) is 0 Å². The summed E-state index contributed by atoms with van der Waals surface area (Å²) in [7, 11) is 0. The first kappa shape index (κ1) is 15.2. The number of hydrogen-bond acceptors (Lipinski definition) is 3. The lowest BCUT2D eigenvalue weighted by Gasteiger charge is -2.17. The second-order valence-corrected chi connectivity index (χ2v) is 5.50. The van der Waals surface area contributed by atoms with E-state index >= 15 is 0 Å². The topological polar surface area (TPSA) is 44.7 Å². The molecule has 0 aliphatic carbocycles. The average Bonchev–Trinajstić information content (AvgIpc) is 3.09. The van der Waals surface area contributed by atoms with Crippen molar-refractivity contribution in [2.45, 2.75) is 12.8 Å². The molecule has 1 aliphatic heterocycles. The van der Waals surface area contributed by atoms with Crippen LogP contribution in [0.1, 0.15) is 28.8 Å². The van der Waals surface area contributed by atoms with Crippen molar-refractivity contribution in [3.63, 3.8) is 0 Å². The van der Waals surface area contributed by atoms with Crippen LogP contribution >= 0.6 is 0 Å². The van der Waals surface area contributed by atoms with Gasteiger partial charge in [-0.05, 0) is 54.8 Å². The molecular formula is C18H18FN3O. The third-order valence-corrected chi connectivity index (χ3v) is 3.83. The summed E-state index contributed by atoms with van der Waals surface area (Å²) in [5.74, 6) is -0.622. The zero-order valence-electron chi connectivity index (χ0n) is 12.7. The highest BCUT2D eigenvalue weighted by Gasteiger charge is 2.12. The largest absolute Gasteiger partial charge is 0.372 e. The lowest BCUT2D eigenvalue weighted by molar-refractivity contribution is 0.0955. The van der Waals surface area contributed by atoms with Crippen molar-refractivity contribution in [1.29, 1.82) is 0 Å². The maximum Gasteiger partial charge on any atom is 0.271 e. The number of carbonyl (C=O) groups excluding carboxylic acids is 1. The van der Waals surface area contributed by atoms with Crippen LogP contribution in [0, 0.1) is 5.82 Å². The number of hydrazone groups is 1. The Morgan fingerprint density at radius 1 is 1.13 bits per heavy atom. The maximum absolute atomic E-state index is 13.0. The van der Waals surface area contributed by atoms with Gasteiger partial charge in [0, 0.05) is 24.3 Å². The van der Waals surface area contributed by atoms with Crippen LogP contribution in [0.5, 0.6) is 0 Å². The zero-order chi connectivity index (χ0) is 16.1. The van der Waals surface area contributed by atoms with E-state index in [-0.39, 0.29) is 11.7 Å². The molecule has 2 aromatic carbocycles. The fraction of sp³-hybridized carbons (Fsp3) is 0.222. The van der Waals surface area contributed by atoms with Gasteiger partial charge in [-0.2, -0.15) is 5.10 Å². The summed E-state index contributed by atoms with van der Waals surface area (Å²) >= 11 is 0. The predicted molar refractivity (Wildman–Crippen MR) is 89.3 cm³/mol. The molecule has 0 bridgehead atoms. The number of amides is 1. The average molecular weight is 311 g/mol. The van der Waals surface area contributed by atoms with Gasteiger partial charge in [0.1, 0.15) is 5.82 Å². The minimum absolute atomic E-state index is 0.286. The molecule has 0 radical (unpaired) electrons. The Hall–Kier alpha value is -2.69. The smallest absolute Gasteiger partial charge is 0.271 e. The number of rotatable bonds is 4. The van der Waals surface area contributed by atoms with Gasteiger partial charge in [-0.3, -0.25) is 4.79 Å². The van der Waals surface area contributed by atoms with Crippen molar-refractivity contribution >= 4 is 17.8 Å². The summed E-state index contributed by atoms with van der Waals surface area (Å²) < 4.78 is 13.0. The van der Waals surface area contributed by atoms with Gasteiger partial charge in [-0.1, -0.05) is 12.1 Å². The van der Waals surface area contributed by atoms with Gasteiger partial charge in [0.2, 0.25) is 0 Å². The molecule has 1 saturated heterocycles. The lowest BCUT2D eigenvalue weighted by Crippen LogP contribution is -2.19. The molecule has 1 amide bonds. The van der Waals surface area contributed by atoms with Gasteiger partial charge < -0.3 is 4.90 Å². The first-order valence-corrected chi connectivity index (χ1v) is 7.66. The number of anilines is 1. The number of nitrogens with one attached hydrogen (secondary N) is 1. The van der Waals surface area contributed by atoms with Crippen molar-refractivity contribution < 1.29 is 9.18 Å². The molecule has 0 spiro atoms. The third kappa shape index (κ3) is 3.94. The highest BCUT2D eigenvalue weighted by molar-refractivity contribution is 5.95. The van der Waals surface area contributed by atoms with Gasteiger partial charge in [-0.15, -0.1) is 0 Å². The fourth-order valence-corrected chi connectivity index (χ4v) is 2.62. The zero-order valence-corrected chi connectivity index (χ0v) is 12.7. The predicted octanol–water partition coefficient (Wildman–Crippen LogP) is 3.19. The third-order valence-electron chi connectivity index (χ3n) is 3.83. The number of nitrogens with zero attached hydrogens (tertiary/aromatic N) is 2. The molecular weight excluding hydrogens is 293 g/mol. The van der Waals surface area contributed by atoms with E-state index in [2.05, 4.69) is 15.4 Å². The number of carbonyl (C=O) groups is 1.